The monoisotopic (exact) mass is 446 g/mol. The maximum Gasteiger partial charge on any atom is 0.252 e. The van der Waals surface area contributed by atoms with Crippen molar-refractivity contribution in [1.29, 1.82) is 5.26 Å². The number of nitriles is 1. The highest BCUT2D eigenvalue weighted by molar-refractivity contribution is 7.91. The van der Waals surface area contributed by atoms with Crippen LogP contribution in [0.3, 0.4) is 0 Å². The van der Waals surface area contributed by atoms with E-state index in [-0.39, 0.29) is 12.0 Å². The summed E-state index contributed by atoms with van der Waals surface area (Å²) < 4.78 is 33.6. The van der Waals surface area contributed by atoms with Gasteiger partial charge in [-0.25, -0.2) is 13.4 Å². The summed E-state index contributed by atoms with van der Waals surface area (Å²) in [5.74, 6) is 0.895. The number of nitrogens with zero attached hydrogens (tertiary/aromatic N) is 4. The van der Waals surface area contributed by atoms with Gasteiger partial charge in [-0.05, 0) is 36.3 Å². The lowest BCUT2D eigenvalue weighted by Crippen LogP contribution is -2.54. The first-order valence-corrected chi connectivity index (χ1v) is 12.5. The third kappa shape index (κ3) is 3.62. The number of piperazine rings is 1. The zero-order chi connectivity index (χ0) is 21.5. The number of ether oxygens (including phenoxy) is 1. The van der Waals surface area contributed by atoms with E-state index in [4.69, 9.17) is 9.72 Å². The van der Waals surface area contributed by atoms with Gasteiger partial charge in [0.25, 0.3) is 10.0 Å². The molecule has 30 heavy (non-hydrogen) atoms. The van der Waals surface area contributed by atoms with E-state index in [9.17, 15) is 13.7 Å². The maximum atomic E-state index is 13.0. The Balaban J connectivity index is 1.68. The predicted molar refractivity (Wildman–Crippen MR) is 116 cm³/mol. The molecule has 0 saturated carbocycles. The van der Waals surface area contributed by atoms with E-state index in [1.54, 1.807) is 21.8 Å². The van der Waals surface area contributed by atoms with Gasteiger partial charge in [-0.1, -0.05) is 19.9 Å². The van der Waals surface area contributed by atoms with Crippen molar-refractivity contribution >= 4 is 27.2 Å². The largest absolute Gasteiger partial charge is 0.376 e. The van der Waals surface area contributed by atoms with Gasteiger partial charge in [-0.2, -0.15) is 9.57 Å². The molecule has 160 valence electrons. The van der Waals surface area contributed by atoms with Crippen molar-refractivity contribution < 1.29 is 13.2 Å². The van der Waals surface area contributed by atoms with Crippen molar-refractivity contribution in [3.8, 4) is 6.07 Å². The molecular weight excluding hydrogens is 420 g/mol. The Hall–Kier alpha value is -1.99. The van der Waals surface area contributed by atoms with Crippen molar-refractivity contribution in [3.63, 3.8) is 0 Å². The summed E-state index contributed by atoms with van der Waals surface area (Å²) >= 11 is 1.24. The van der Waals surface area contributed by atoms with Crippen LogP contribution in [-0.2, 0) is 27.8 Å². The Kier molecular flexibility index (Phi) is 5.86. The van der Waals surface area contributed by atoms with Gasteiger partial charge in [0.2, 0.25) is 0 Å². The molecule has 0 aliphatic carbocycles. The van der Waals surface area contributed by atoms with E-state index in [0.29, 0.717) is 54.9 Å². The van der Waals surface area contributed by atoms with Crippen LogP contribution in [0.2, 0.25) is 0 Å². The molecule has 2 aromatic heterocycles. The molecule has 0 unspecified atom stereocenters. The number of sulfonamides is 1. The van der Waals surface area contributed by atoms with E-state index in [1.165, 1.54) is 11.3 Å². The van der Waals surface area contributed by atoms with E-state index in [2.05, 4.69) is 24.8 Å². The van der Waals surface area contributed by atoms with Gasteiger partial charge in [0.1, 0.15) is 16.1 Å². The third-order valence-electron chi connectivity index (χ3n) is 5.75. The fourth-order valence-corrected chi connectivity index (χ4v) is 7.04. The summed E-state index contributed by atoms with van der Waals surface area (Å²) in [6.45, 7) is 8.58. The lowest BCUT2D eigenvalue weighted by atomic mass is 9.92. The second kappa shape index (κ2) is 8.27. The first-order chi connectivity index (χ1) is 14.3. The van der Waals surface area contributed by atoms with Crippen LogP contribution < -0.4 is 4.90 Å². The quantitative estimate of drug-likeness (QED) is 0.717. The molecule has 4 rings (SSSR count). The van der Waals surface area contributed by atoms with E-state index >= 15 is 0 Å². The lowest BCUT2D eigenvalue weighted by molar-refractivity contribution is 0.109. The second-order valence-corrected chi connectivity index (χ2v) is 11.1. The number of hydrogen-bond donors (Lipinski definition) is 0. The highest BCUT2D eigenvalue weighted by atomic mass is 32.2. The first kappa shape index (κ1) is 21.2. The summed E-state index contributed by atoms with van der Waals surface area (Å²) in [4.78, 5) is 6.98. The zero-order valence-corrected chi connectivity index (χ0v) is 19.1. The first-order valence-electron chi connectivity index (χ1n) is 10.2. The van der Waals surface area contributed by atoms with E-state index < -0.39 is 10.0 Å². The van der Waals surface area contributed by atoms with Crippen LogP contribution in [0.25, 0.3) is 0 Å². The molecule has 0 N–H and O–H groups in total. The van der Waals surface area contributed by atoms with Crippen LogP contribution in [0, 0.1) is 11.3 Å². The molecule has 9 heteroatoms. The Bertz CT molecular complexity index is 1070. The molecule has 2 aliphatic heterocycles. The number of hydrogen-bond acceptors (Lipinski definition) is 7. The number of rotatable bonds is 4. The Labute approximate surface area is 182 Å². The van der Waals surface area contributed by atoms with Gasteiger partial charge < -0.3 is 9.64 Å². The van der Waals surface area contributed by atoms with Gasteiger partial charge in [0, 0.05) is 31.2 Å². The van der Waals surface area contributed by atoms with Crippen molar-refractivity contribution in [3.05, 3.63) is 39.9 Å². The molecule has 7 nitrogen and oxygen atoms in total. The number of pyridine rings is 1. The van der Waals surface area contributed by atoms with Gasteiger partial charge in [0.05, 0.1) is 24.5 Å². The summed E-state index contributed by atoms with van der Waals surface area (Å²) in [5, 5.41) is 11.7. The predicted octanol–water partition coefficient (Wildman–Crippen LogP) is 3.11. The molecule has 0 spiro atoms. The van der Waals surface area contributed by atoms with Gasteiger partial charge in [-0.3, -0.25) is 0 Å². The highest BCUT2D eigenvalue weighted by Crippen LogP contribution is 2.34. The average Bonchev–Trinajstić information content (AvgIpc) is 3.28. The molecule has 0 radical (unpaired) electrons. The van der Waals surface area contributed by atoms with Crippen molar-refractivity contribution in [2.24, 2.45) is 0 Å². The summed E-state index contributed by atoms with van der Waals surface area (Å²) in [6, 6.07) is 5.56. The smallest absolute Gasteiger partial charge is 0.252 e. The van der Waals surface area contributed by atoms with Crippen LogP contribution in [0.5, 0.6) is 0 Å². The van der Waals surface area contributed by atoms with Gasteiger partial charge >= 0.3 is 0 Å². The van der Waals surface area contributed by atoms with Gasteiger partial charge in [0.15, 0.2) is 0 Å². The lowest BCUT2D eigenvalue weighted by Gasteiger charge is -2.40. The molecule has 0 bridgehead atoms. The van der Waals surface area contributed by atoms with E-state index in [1.807, 2.05) is 6.92 Å². The van der Waals surface area contributed by atoms with Crippen molar-refractivity contribution in [1.82, 2.24) is 9.29 Å². The molecular formula is C21H26N4O3S2. The average molecular weight is 447 g/mol. The van der Waals surface area contributed by atoms with Crippen LogP contribution >= 0.6 is 11.3 Å². The molecule has 1 saturated heterocycles. The normalized spacial score (nSPS) is 20.2. The van der Waals surface area contributed by atoms with E-state index in [0.717, 1.165) is 16.8 Å². The Morgan fingerprint density at radius 1 is 1.33 bits per heavy atom. The highest BCUT2D eigenvalue weighted by Gasteiger charge is 2.36. The second-order valence-electron chi connectivity index (χ2n) is 8.06. The molecule has 1 fully saturated rings. The number of aromatic nitrogens is 1. The standard InChI is InChI=1S/C21H26N4O3S2/c1-14(2)20-18-13-28-9-6-16(18)17(11-22)21(23-20)24-7-8-25(15(3)12-24)30(26,27)19-5-4-10-29-19/h4-5,10,14-15H,6-9,12-13H2,1-3H3/t15-/m1/s1. The van der Waals surface area contributed by atoms with Crippen LogP contribution in [0.1, 0.15) is 49.1 Å². The van der Waals surface area contributed by atoms with Crippen LogP contribution in [0.4, 0.5) is 5.82 Å². The number of anilines is 1. The third-order valence-corrected chi connectivity index (χ3v) is 9.14. The van der Waals surface area contributed by atoms with Crippen molar-refractivity contribution in [2.45, 2.75) is 50.0 Å². The minimum atomic E-state index is -3.50. The summed E-state index contributed by atoms with van der Waals surface area (Å²) in [7, 11) is -3.50. The fraction of sp³-hybridized carbons (Fsp3) is 0.524. The summed E-state index contributed by atoms with van der Waals surface area (Å²) in [5.41, 5.74) is 3.67. The van der Waals surface area contributed by atoms with Gasteiger partial charge in [-0.15, -0.1) is 11.3 Å². The molecule has 2 aromatic rings. The van der Waals surface area contributed by atoms with Crippen LogP contribution in [0.15, 0.2) is 21.7 Å². The fourth-order valence-electron chi connectivity index (χ4n) is 4.30. The van der Waals surface area contributed by atoms with Crippen LogP contribution in [-0.4, -0.2) is 50.0 Å². The summed E-state index contributed by atoms with van der Waals surface area (Å²) in [6.07, 6.45) is 0.704. The number of fused-ring (bicyclic) bond motifs is 1. The minimum absolute atomic E-state index is 0.213. The molecule has 0 amide bonds. The molecule has 1 atom stereocenters. The maximum absolute atomic E-state index is 13.0. The van der Waals surface area contributed by atoms with Crippen molar-refractivity contribution in [2.75, 3.05) is 31.1 Å². The SMILES string of the molecule is CC(C)c1nc(N2CCN(S(=O)(=O)c3cccs3)[C@H](C)C2)c(C#N)c2c1COCC2. The topological polar surface area (TPSA) is 86.5 Å². The minimum Gasteiger partial charge on any atom is -0.376 e. The molecule has 2 aliphatic rings. The Morgan fingerprint density at radius 2 is 2.13 bits per heavy atom. The molecule has 0 aromatic carbocycles. The number of thiophene rings is 1. The zero-order valence-electron chi connectivity index (χ0n) is 17.5. The Morgan fingerprint density at radius 3 is 2.77 bits per heavy atom. The molecule has 4 heterocycles.